The summed E-state index contributed by atoms with van der Waals surface area (Å²) in [5.74, 6) is -0.878. The standard InChI is InChI=1S/C36H38FN3O6S/c1-25(2)38-36(42)32(21-27-9-5-4-6-10-27)39(23-28-11-7-8-26(3)20-28)35(41)24-40(30-14-12-29(37)13-15-30)47(43,44)31-16-17-33-34(22-31)46-19-18-45-33/h4-17,20,22,25,32H,18-19,21,23-24H2,1-3H3,(H,38,42)/t32-/m0/s1. The van der Waals surface area contributed by atoms with E-state index in [2.05, 4.69) is 5.32 Å². The first kappa shape index (κ1) is 33.5. The van der Waals surface area contributed by atoms with Gasteiger partial charge in [0.1, 0.15) is 31.6 Å². The normalized spacial score (nSPS) is 13.1. The maximum atomic E-state index is 14.5. The minimum Gasteiger partial charge on any atom is -0.486 e. The molecule has 0 saturated heterocycles. The number of rotatable bonds is 12. The lowest BCUT2D eigenvalue weighted by molar-refractivity contribution is -0.140. The average molecular weight is 660 g/mol. The van der Waals surface area contributed by atoms with Gasteiger partial charge < -0.3 is 19.7 Å². The minimum absolute atomic E-state index is 0.0465. The first-order valence-corrected chi connectivity index (χ1v) is 16.8. The van der Waals surface area contributed by atoms with E-state index in [0.29, 0.717) is 12.4 Å². The number of hydrogen-bond acceptors (Lipinski definition) is 6. The molecule has 4 aromatic carbocycles. The predicted molar refractivity (Wildman–Crippen MR) is 177 cm³/mol. The molecule has 1 heterocycles. The molecule has 0 unspecified atom stereocenters. The Labute approximate surface area is 275 Å². The van der Waals surface area contributed by atoms with Crippen LogP contribution in [0.4, 0.5) is 10.1 Å². The van der Waals surface area contributed by atoms with Crippen molar-refractivity contribution in [1.29, 1.82) is 0 Å². The van der Waals surface area contributed by atoms with E-state index in [9.17, 15) is 22.4 Å². The molecule has 0 fully saturated rings. The second-order valence-electron chi connectivity index (χ2n) is 11.7. The number of amides is 2. The second-order valence-corrected chi connectivity index (χ2v) is 13.5. The van der Waals surface area contributed by atoms with Crippen LogP contribution in [0.15, 0.2) is 102 Å². The highest BCUT2D eigenvalue weighted by atomic mass is 32.2. The Morgan fingerprint density at radius 2 is 1.53 bits per heavy atom. The number of benzene rings is 4. The summed E-state index contributed by atoms with van der Waals surface area (Å²) in [7, 11) is -4.41. The maximum Gasteiger partial charge on any atom is 0.264 e. The van der Waals surface area contributed by atoms with Crippen molar-refractivity contribution in [3.8, 4) is 11.5 Å². The van der Waals surface area contributed by atoms with Crippen LogP contribution in [0.2, 0.25) is 0 Å². The van der Waals surface area contributed by atoms with Gasteiger partial charge in [0.05, 0.1) is 10.6 Å². The van der Waals surface area contributed by atoms with E-state index in [1.165, 1.54) is 35.2 Å². The molecule has 0 saturated carbocycles. The Hall–Kier alpha value is -4.90. The van der Waals surface area contributed by atoms with Gasteiger partial charge in [-0.05, 0) is 68.3 Å². The van der Waals surface area contributed by atoms with Gasteiger partial charge in [-0.15, -0.1) is 0 Å². The lowest BCUT2D eigenvalue weighted by Crippen LogP contribution is -2.54. The van der Waals surface area contributed by atoms with Gasteiger partial charge in [0, 0.05) is 25.1 Å². The van der Waals surface area contributed by atoms with Crippen molar-refractivity contribution in [1.82, 2.24) is 10.2 Å². The average Bonchev–Trinajstić information content (AvgIpc) is 3.05. The number of nitrogens with one attached hydrogen (secondary N) is 1. The molecule has 1 atom stereocenters. The first-order valence-electron chi connectivity index (χ1n) is 15.4. The van der Waals surface area contributed by atoms with E-state index < -0.39 is 34.3 Å². The minimum atomic E-state index is -4.41. The number of carbonyl (C=O) groups is 2. The molecule has 0 bridgehead atoms. The van der Waals surface area contributed by atoms with E-state index in [0.717, 1.165) is 33.1 Å². The fourth-order valence-corrected chi connectivity index (χ4v) is 6.82. The first-order chi connectivity index (χ1) is 22.5. The third-order valence-corrected chi connectivity index (χ3v) is 9.40. The summed E-state index contributed by atoms with van der Waals surface area (Å²) < 4.78 is 54.7. The molecular formula is C36H38FN3O6S. The third-order valence-electron chi connectivity index (χ3n) is 7.63. The van der Waals surface area contributed by atoms with Crippen LogP contribution < -0.4 is 19.1 Å². The van der Waals surface area contributed by atoms with E-state index in [4.69, 9.17) is 9.47 Å². The molecule has 1 N–H and O–H groups in total. The van der Waals surface area contributed by atoms with E-state index >= 15 is 0 Å². The maximum absolute atomic E-state index is 14.5. The van der Waals surface area contributed by atoms with Crippen LogP contribution in [-0.2, 0) is 32.6 Å². The Morgan fingerprint density at radius 1 is 0.851 bits per heavy atom. The molecule has 2 amide bonds. The number of aryl methyl sites for hydroxylation is 1. The molecule has 5 rings (SSSR count). The molecule has 4 aromatic rings. The Balaban J connectivity index is 1.57. The molecule has 47 heavy (non-hydrogen) atoms. The molecule has 11 heteroatoms. The zero-order valence-corrected chi connectivity index (χ0v) is 27.4. The largest absolute Gasteiger partial charge is 0.486 e. The number of fused-ring (bicyclic) bond motifs is 1. The number of nitrogens with zero attached hydrogens (tertiary/aromatic N) is 2. The van der Waals surface area contributed by atoms with Gasteiger partial charge >= 0.3 is 0 Å². The fourth-order valence-electron chi connectivity index (χ4n) is 5.39. The van der Waals surface area contributed by atoms with Gasteiger partial charge in [-0.25, -0.2) is 12.8 Å². The van der Waals surface area contributed by atoms with Crippen molar-refractivity contribution in [2.24, 2.45) is 0 Å². The molecule has 0 spiro atoms. The molecule has 0 radical (unpaired) electrons. The highest BCUT2D eigenvalue weighted by molar-refractivity contribution is 7.92. The summed E-state index contributed by atoms with van der Waals surface area (Å²) in [4.78, 5) is 29.6. The number of carbonyl (C=O) groups excluding carboxylic acids is 2. The van der Waals surface area contributed by atoms with Gasteiger partial charge in [-0.3, -0.25) is 13.9 Å². The van der Waals surface area contributed by atoms with Crippen molar-refractivity contribution in [3.05, 3.63) is 120 Å². The van der Waals surface area contributed by atoms with Gasteiger partial charge in [0.15, 0.2) is 11.5 Å². The number of halogens is 1. The molecule has 1 aliphatic heterocycles. The highest BCUT2D eigenvalue weighted by Gasteiger charge is 2.35. The fraction of sp³-hybridized carbons (Fsp3) is 0.278. The van der Waals surface area contributed by atoms with Gasteiger partial charge in [0.25, 0.3) is 10.0 Å². The van der Waals surface area contributed by atoms with Gasteiger partial charge in [0.2, 0.25) is 11.8 Å². The van der Waals surface area contributed by atoms with Crippen LogP contribution in [0.1, 0.15) is 30.5 Å². The second kappa shape index (κ2) is 14.7. The topological polar surface area (TPSA) is 105 Å². The zero-order chi connectivity index (χ0) is 33.6. The van der Waals surface area contributed by atoms with E-state index in [1.807, 2.05) is 75.4 Å². The quantitative estimate of drug-likeness (QED) is 0.222. The van der Waals surface area contributed by atoms with Crippen molar-refractivity contribution >= 4 is 27.5 Å². The van der Waals surface area contributed by atoms with Crippen LogP contribution in [-0.4, -0.2) is 57.0 Å². The summed E-state index contributed by atoms with van der Waals surface area (Å²) in [5.41, 5.74) is 2.65. The van der Waals surface area contributed by atoms with Crippen molar-refractivity contribution < 1.29 is 31.9 Å². The SMILES string of the molecule is Cc1cccc(CN(C(=O)CN(c2ccc(F)cc2)S(=O)(=O)c2ccc3c(c2)OCCO3)[C@@H](Cc2ccccc2)C(=O)NC(C)C)c1. The Kier molecular flexibility index (Phi) is 10.5. The number of sulfonamides is 1. The lowest BCUT2D eigenvalue weighted by atomic mass is 10.0. The molecular weight excluding hydrogens is 621 g/mol. The third kappa shape index (κ3) is 8.28. The predicted octanol–water partition coefficient (Wildman–Crippen LogP) is 5.27. The van der Waals surface area contributed by atoms with E-state index in [1.54, 1.807) is 0 Å². The van der Waals surface area contributed by atoms with Crippen LogP contribution in [0.5, 0.6) is 11.5 Å². The number of hydrogen-bond donors (Lipinski definition) is 1. The van der Waals surface area contributed by atoms with Crippen LogP contribution in [0.3, 0.4) is 0 Å². The molecule has 246 valence electrons. The highest BCUT2D eigenvalue weighted by Crippen LogP contribution is 2.34. The summed E-state index contributed by atoms with van der Waals surface area (Å²) in [5, 5.41) is 2.94. The van der Waals surface area contributed by atoms with Crippen LogP contribution in [0.25, 0.3) is 0 Å². The van der Waals surface area contributed by atoms with Crippen molar-refractivity contribution in [3.63, 3.8) is 0 Å². The summed E-state index contributed by atoms with van der Waals surface area (Å²) in [6.45, 7) is 5.57. The van der Waals surface area contributed by atoms with Crippen LogP contribution in [0, 0.1) is 12.7 Å². The van der Waals surface area contributed by atoms with Gasteiger partial charge in [-0.1, -0.05) is 60.2 Å². The Bertz CT molecular complexity index is 1820. The number of anilines is 1. The molecule has 9 nitrogen and oxygen atoms in total. The molecule has 0 aromatic heterocycles. The summed E-state index contributed by atoms with van der Waals surface area (Å²) >= 11 is 0. The molecule has 1 aliphatic rings. The van der Waals surface area contributed by atoms with Crippen molar-refractivity contribution in [2.45, 2.75) is 50.7 Å². The monoisotopic (exact) mass is 659 g/mol. The zero-order valence-electron chi connectivity index (χ0n) is 26.6. The summed E-state index contributed by atoms with van der Waals surface area (Å²) in [6, 6.07) is 24.8. The van der Waals surface area contributed by atoms with E-state index in [-0.39, 0.29) is 47.9 Å². The smallest absolute Gasteiger partial charge is 0.264 e. The number of ether oxygens (including phenoxy) is 2. The lowest BCUT2D eigenvalue weighted by Gasteiger charge is -2.34. The van der Waals surface area contributed by atoms with Gasteiger partial charge in [-0.2, -0.15) is 0 Å². The van der Waals surface area contributed by atoms with Crippen molar-refractivity contribution in [2.75, 3.05) is 24.1 Å². The molecule has 0 aliphatic carbocycles. The summed E-state index contributed by atoms with van der Waals surface area (Å²) in [6.07, 6.45) is 0.197. The van der Waals surface area contributed by atoms with Crippen LogP contribution >= 0.6 is 0 Å². The Morgan fingerprint density at radius 3 is 2.21 bits per heavy atom.